The monoisotopic (exact) mass is 245 g/mol. The number of carboxylic acids is 1. The fraction of sp³-hybridized carbons (Fsp3) is 0.222. The van der Waals surface area contributed by atoms with Gasteiger partial charge < -0.3 is 9.84 Å². The molecule has 7 heteroatoms. The van der Waals surface area contributed by atoms with Crippen LogP contribution in [0.5, 0.6) is 5.75 Å². The summed E-state index contributed by atoms with van der Waals surface area (Å²) in [4.78, 5) is 20.6. The van der Waals surface area contributed by atoms with E-state index in [2.05, 4.69) is 0 Å². The molecule has 0 radical (unpaired) electrons. The van der Waals surface area contributed by atoms with E-state index in [0.29, 0.717) is 0 Å². The molecular weight excluding hydrogens is 238 g/mol. The largest absolute Gasteiger partial charge is 0.496 e. The van der Waals surface area contributed by atoms with Crippen LogP contribution in [0.15, 0.2) is 12.1 Å². The van der Waals surface area contributed by atoms with E-state index in [0.717, 1.165) is 6.07 Å². The minimum absolute atomic E-state index is 0.00407. The van der Waals surface area contributed by atoms with Gasteiger partial charge >= 0.3 is 5.97 Å². The van der Waals surface area contributed by atoms with Crippen molar-refractivity contribution in [2.75, 3.05) is 7.11 Å². The molecule has 0 aliphatic heterocycles. The number of halogens is 1. The Morgan fingerprint density at radius 1 is 1.62 bits per heavy atom. The minimum atomic E-state index is -1.18. The number of methoxy groups -OCH3 is 1. The third-order valence-electron chi connectivity index (χ3n) is 1.89. The normalized spacial score (nSPS) is 9.88. The van der Waals surface area contributed by atoms with Crippen LogP contribution in [-0.2, 0) is 11.2 Å². The third kappa shape index (κ3) is 2.60. The standard InChI is InChI=1S/C9H8ClNO5/c1-16-8-3-5(10)2-7(11(14)15)6(8)4-9(12)13/h2-3H,4H2,1H3,(H,12,13). The Bertz CT molecular complexity index is 446. The molecule has 0 unspecified atom stereocenters. The van der Waals surface area contributed by atoms with Crippen molar-refractivity contribution < 1.29 is 19.6 Å². The van der Waals surface area contributed by atoms with Crippen LogP contribution < -0.4 is 4.74 Å². The summed E-state index contributed by atoms with van der Waals surface area (Å²) in [7, 11) is 1.29. The topological polar surface area (TPSA) is 89.7 Å². The Balaban J connectivity index is 3.38. The van der Waals surface area contributed by atoms with Gasteiger partial charge in [0.1, 0.15) is 5.75 Å². The van der Waals surface area contributed by atoms with Crippen molar-refractivity contribution in [3.05, 3.63) is 32.8 Å². The molecule has 86 valence electrons. The number of aliphatic carboxylic acids is 1. The van der Waals surface area contributed by atoms with E-state index in [1.165, 1.54) is 13.2 Å². The Hall–Kier alpha value is -1.82. The van der Waals surface area contributed by atoms with Crippen LogP contribution in [0.4, 0.5) is 5.69 Å². The Labute approximate surface area is 95.6 Å². The summed E-state index contributed by atoms with van der Waals surface area (Å²) < 4.78 is 4.87. The number of carboxylic acid groups (broad SMARTS) is 1. The predicted molar refractivity (Wildman–Crippen MR) is 56.0 cm³/mol. The summed E-state index contributed by atoms with van der Waals surface area (Å²) in [5, 5.41) is 19.5. The molecular formula is C9H8ClNO5. The van der Waals surface area contributed by atoms with Gasteiger partial charge in [-0.1, -0.05) is 11.6 Å². The molecule has 1 aromatic rings. The molecule has 16 heavy (non-hydrogen) atoms. The van der Waals surface area contributed by atoms with Crippen LogP contribution >= 0.6 is 11.6 Å². The Morgan fingerprint density at radius 2 is 2.25 bits per heavy atom. The number of nitro benzene ring substituents is 1. The van der Waals surface area contributed by atoms with Crippen molar-refractivity contribution in [3.63, 3.8) is 0 Å². The molecule has 0 fully saturated rings. The van der Waals surface area contributed by atoms with Crippen molar-refractivity contribution in [2.45, 2.75) is 6.42 Å². The van der Waals surface area contributed by atoms with Crippen molar-refractivity contribution in [1.82, 2.24) is 0 Å². The first-order valence-corrected chi connectivity index (χ1v) is 4.56. The summed E-state index contributed by atoms with van der Waals surface area (Å²) in [6.07, 6.45) is -0.489. The second-order valence-corrected chi connectivity index (χ2v) is 3.37. The van der Waals surface area contributed by atoms with Gasteiger partial charge in [0.15, 0.2) is 0 Å². The zero-order chi connectivity index (χ0) is 12.3. The number of ether oxygens (including phenoxy) is 1. The number of benzene rings is 1. The number of hydrogen-bond acceptors (Lipinski definition) is 4. The van der Waals surface area contributed by atoms with Gasteiger partial charge in [0, 0.05) is 6.07 Å². The summed E-state index contributed by atoms with van der Waals surface area (Å²) in [5.41, 5.74) is -0.351. The number of rotatable bonds is 4. The Kier molecular flexibility index (Phi) is 3.68. The highest BCUT2D eigenvalue weighted by Gasteiger charge is 2.22. The van der Waals surface area contributed by atoms with Crippen molar-refractivity contribution >= 4 is 23.3 Å². The van der Waals surface area contributed by atoms with Gasteiger partial charge in [-0.2, -0.15) is 0 Å². The van der Waals surface area contributed by atoms with Gasteiger partial charge in [0.05, 0.1) is 29.0 Å². The summed E-state index contributed by atoms with van der Waals surface area (Å²) >= 11 is 5.65. The lowest BCUT2D eigenvalue weighted by Gasteiger charge is -2.07. The lowest BCUT2D eigenvalue weighted by Crippen LogP contribution is -2.06. The average molecular weight is 246 g/mol. The molecule has 1 aromatic carbocycles. The molecule has 1 rings (SSSR count). The molecule has 0 heterocycles. The SMILES string of the molecule is COc1cc(Cl)cc([N+](=O)[O-])c1CC(=O)O. The number of nitrogens with zero attached hydrogens (tertiary/aromatic N) is 1. The second-order valence-electron chi connectivity index (χ2n) is 2.93. The number of carbonyl (C=O) groups is 1. The maximum Gasteiger partial charge on any atom is 0.308 e. The number of hydrogen-bond donors (Lipinski definition) is 1. The van der Waals surface area contributed by atoms with Gasteiger partial charge in [-0.05, 0) is 6.07 Å². The third-order valence-corrected chi connectivity index (χ3v) is 2.11. The average Bonchev–Trinajstić information content (AvgIpc) is 2.19. The van der Waals surface area contributed by atoms with Gasteiger partial charge in [-0.3, -0.25) is 14.9 Å². The van der Waals surface area contributed by atoms with E-state index >= 15 is 0 Å². The first kappa shape index (κ1) is 12.3. The molecule has 0 atom stereocenters. The van der Waals surface area contributed by atoms with Crippen LogP contribution in [0.2, 0.25) is 5.02 Å². The Morgan fingerprint density at radius 3 is 2.69 bits per heavy atom. The highest BCUT2D eigenvalue weighted by atomic mass is 35.5. The van der Waals surface area contributed by atoms with Crippen molar-refractivity contribution in [3.8, 4) is 5.75 Å². The fourth-order valence-corrected chi connectivity index (χ4v) is 1.47. The molecule has 0 saturated carbocycles. The number of nitro groups is 1. The summed E-state index contributed by atoms with van der Waals surface area (Å²) in [5.74, 6) is -1.08. The van der Waals surface area contributed by atoms with Crippen molar-refractivity contribution in [1.29, 1.82) is 0 Å². The molecule has 0 aromatic heterocycles. The van der Waals surface area contributed by atoms with Gasteiger partial charge in [0.2, 0.25) is 0 Å². The molecule has 0 bridgehead atoms. The summed E-state index contributed by atoms with van der Waals surface area (Å²) in [6, 6.07) is 2.44. The van der Waals surface area contributed by atoms with E-state index < -0.39 is 17.3 Å². The van der Waals surface area contributed by atoms with E-state index in [-0.39, 0.29) is 22.0 Å². The molecule has 0 saturated heterocycles. The lowest BCUT2D eigenvalue weighted by molar-refractivity contribution is -0.385. The smallest absolute Gasteiger partial charge is 0.308 e. The van der Waals surface area contributed by atoms with Crippen LogP contribution in [0.25, 0.3) is 0 Å². The molecule has 0 aliphatic rings. The first-order valence-electron chi connectivity index (χ1n) is 4.18. The van der Waals surface area contributed by atoms with E-state index in [4.69, 9.17) is 21.4 Å². The molecule has 0 amide bonds. The maximum atomic E-state index is 10.7. The zero-order valence-electron chi connectivity index (χ0n) is 8.27. The van der Waals surface area contributed by atoms with E-state index in [1.54, 1.807) is 0 Å². The fourth-order valence-electron chi connectivity index (χ4n) is 1.27. The lowest BCUT2D eigenvalue weighted by atomic mass is 10.1. The minimum Gasteiger partial charge on any atom is -0.496 e. The molecule has 6 nitrogen and oxygen atoms in total. The molecule has 0 spiro atoms. The van der Waals surface area contributed by atoms with Crippen molar-refractivity contribution in [2.24, 2.45) is 0 Å². The van der Waals surface area contributed by atoms with Gasteiger partial charge in [-0.15, -0.1) is 0 Å². The van der Waals surface area contributed by atoms with Crippen LogP contribution in [0.3, 0.4) is 0 Å². The van der Waals surface area contributed by atoms with E-state index in [9.17, 15) is 14.9 Å². The highest BCUT2D eigenvalue weighted by molar-refractivity contribution is 6.31. The van der Waals surface area contributed by atoms with Crippen LogP contribution in [-0.4, -0.2) is 23.1 Å². The quantitative estimate of drug-likeness (QED) is 0.646. The summed E-state index contributed by atoms with van der Waals surface area (Å²) in [6.45, 7) is 0. The highest BCUT2D eigenvalue weighted by Crippen LogP contribution is 2.32. The van der Waals surface area contributed by atoms with E-state index in [1.807, 2.05) is 0 Å². The maximum absolute atomic E-state index is 10.7. The second kappa shape index (κ2) is 4.80. The zero-order valence-corrected chi connectivity index (χ0v) is 9.02. The van der Waals surface area contributed by atoms with Crippen LogP contribution in [0, 0.1) is 10.1 Å². The predicted octanol–water partition coefficient (Wildman–Crippen LogP) is 1.88. The first-order chi connectivity index (χ1) is 7.45. The molecule has 1 N–H and O–H groups in total. The molecule has 0 aliphatic carbocycles. The van der Waals surface area contributed by atoms with Gasteiger partial charge in [-0.25, -0.2) is 0 Å². The van der Waals surface area contributed by atoms with Gasteiger partial charge in [0.25, 0.3) is 5.69 Å². The van der Waals surface area contributed by atoms with Crippen LogP contribution in [0.1, 0.15) is 5.56 Å².